The quantitative estimate of drug-likeness (QED) is 0.721. The standard InChI is InChI=1S/C14H21NO3/c16-10-12(17)9-15-11-4-3-7-14(8-11)18-13-5-1-2-6-13/h3-4,7-8,12-13,15-17H,1-2,5-6,9-10H2. The Morgan fingerprint density at radius 3 is 2.83 bits per heavy atom. The van der Waals surface area contributed by atoms with Gasteiger partial charge < -0.3 is 20.3 Å². The number of anilines is 1. The molecular formula is C14H21NO3. The van der Waals surface area contributed by atoms with Crippen molar-refractivity contribution in [3.63, 3.8) is 0 Å². The molecule has 18 heavy (non-hydrogen) atoms. The van der Waals surface area contributed by atoms with E-state index in [1.165, 1.54) is 12.8 Å². The molecule has 4 nitrogen and oxygen atoms in total. The molecule has 1 aliphatic rings. The molecule has 0 heterocycles. The molecule has 0 radical (unpaired) electrons. The number of hydrogen-bond acceptors (Lipinski definition) is 4. The summed E-state index contributed by atoms with van der Waals surface area (Å²) in [5, 5.41) is 21.1. The molecule has 1 saturated carbocycles. The molecule has 0 bridgehead atoms. The van der Waals surface area contributed by atoms with Crippen molar-refractivity contribution in [2.45, 2.75) is 37.9 Å². The fourth-order valence-corrected chi connectivity index (χ4v) is 2.18. The molecule has 1 aliphatic carbocycles. The highest BCUT2D eigenvalue weighted by molar-refractivity contribution is 5.48. The van der Waals surface area contributed by atoms with Crippen LogP contribution in [-0.2, 0) is 0 Å². The van der Waals surface area contributed by atoms with Crippen molar-refractivity contribution in [3.05, 3.63) is 24.3 Å². The minimum absolute atomic E-state index is 0.231. The molecule has 1 aromatic rings. The number of hydrogen-bond donors (Lipinski definition) is 3. The maximum atomic E-state index is 9.27. The Balaban J connectivity index is 1.88. The number of nitrogens with one attached hydrogen (secondary N) is 1. The van der Waals surface area contributed by atoms with Gasteiger partial charge in [-0.15, -0.1) is 0 Å². The Kier molecular flexibility index (Phi) is 4.84. The van der Waals surface area contributed by atoms with Gasteiger partial charge in [-0.2, -0.15) is 0 Å². The second-order valence-corrected chi connectivity index (χ2v) is 4.77. The van der Waals surface area contributed by atoms with Gasteiger partial charge >= 0.3 is 0 Å². The highest BCUT2D eigenvalue weighted by Crippen LogP contribution is 2.25. The Morgan fingerprint density at radius 1 is 1.33 bits per heavy atom. The van der Waals surface area contributed by atoms with Crippen LogP contribution in [-0.4, -0.2) is 35.6 Å². The van der Waals surface area contributed by atoms with Crippen LogP contribution in [0.2, 0.25) is 0 Å². The lowest BCUT2D eigenvalue weighted by Gasteiger charge is -2.15. The average molecular weight is 251 g/mol. The van der Waals surface area contributed by atoms with Crippen molar-refractivity contribution < 1.29 is 14.9 Å². The van der Waals surface area contributed by atoms with Crippen molar-refractivity contribution >= 4 is 5.69 Å². The van der Waals surface area contributed by atoms with Crippen molar-refractivity contribution in [2.75, 3.05) is 18.5 Å². The molecule has 1 atom stereocenters. The maximum absolute atomic E-state index is 9.27. The predicted molar refractivity (Wildman–Crippen MR) is 70.9 cm³/mol. The normalized spacial score (nSPS) is 17.7. The van der Waals surface area contributed by atoms with Crippen LogP contribution >= 0.6 is 0 Å². The molecule has 1 aromatic carbocycles. The van der Waals surface area contributed by atoms with Gasteiger partial charge in [0.1, 0.15) is 5.75 Å². The zero-order valence-corrected chi connectivity index (χ0v) is 10.5. The summed E-state index contributed by atoms with van der Waals surface area (Å²) in [4.78, 5) is 0. The average Bonchev–Trinajstić information content (AvgIpc) is 2.89. The van der Waals surface area contributed by atoms with Crippen molar-refractivity contribution in [2.24, 2.45) is 0 Å². The van der Waals surface area contributed by atoms with Gasteiger partial charge in [0.2, 0.25) is 0 Å². The molecule has 1 fully saturated rings. The number of benzene rings is 1. The first-order chi connectivity index (χ1) is 8.78. The van der Waals surface area contributed by atoms with E-state index in [9.17, 15) is 5.11 Å². The second kappa shape index (κ2) is 6.61. The van der Waals surface area contributed by atoms with Crippen molar-refractivity contribution in [1.29, 1.82) is 0 Å². The summed E-state index contributed by atoms with van der Waals surface area (Å²) >= 11 is 0. The summed E-state index contributed by atoms with van der Waals surface area (Å²) in [7, 11) is 0. The van der Waals surface area contributed by atoms with Gasteiger partial charge in [0.15, 0.2) is 0 Å². The first kappa shape index (κ1) is 13.2. The fourth-order valence-electron chi connectivity index (χ4n) is 2.18. The van der Waals surface area contributed by atoms with E-state index in [1.807, 2.05) is 24.3 Å². The SMILES string of the molecule is OCC(O)CNc1cccc(OC2CCCC2)c1. The molecule has 0 aromatic heterocycles. The van der Waals surface area contributed by atoms with E-state index in [0.29, 0.717) is 12.6 Å². The number of aliphatic hydroxyl groups excluding tert-OH is 2. The third kappa shape index (κ3) is 3.89. The lowest BCUT2D eigenvalue weighted by molar-refractivity contribution is 0.105. The van der Waals surface area contributed by atoms with Gasteiger partial charge in [-0.25, -0.2) is 0 Å². The fraction of sp³-hybridized carbons (Fsp3) is 0.571. The third-order valence-electron chi connectivity index (χ3n) is 3.19. The van der Waals surface area contributed by atoms with Crippen LogP contribution in [0.5, 0.6) is 5.75 Å². The summed E-state index contributed by atoms with van der Waals surface area (Å²) in [5.41, 5.74) is 0.901. The highest BCUT2D eigenvalue weighted by Gasteiger charge is 2.16. The zero-order chi connectivity index (χ0) is 12.8. The summed E-state index contributed by atoms with van der Waals surface area (Å²) in [6.45, 7) is 0.106. The molecule has 0 saturated heterocycles. The van der Waals surface area contributed by atoms with E-state index in [1.54, 1.807) is 0 Å². The smallest absolute Gasteiger partial charge is 0.121 e. The first-order valence-electron chi connectivity index (χ1n) is 6.57. The van der Waals surface area contributed by atoms with E-state index in [4.69, 9.17) is 9.84 Å². The third-order valence-corrected chi connectivity index (χ3v) is 3.19. The number of rotatable bonds is 6. The first-order valence-corrected chi connectivity index (χ1v) is 6.57. The topological polar surface area (TPSA) is 61.7 Å². The van der Waals surface area contributed by atoms with E-state index in [2.05, 4.69) is 5.32 Å². The van der Waals surface area contributed by atoms with Crippen LogP contribution < -0.4 is 10.1 Å². The summed E-state index contributed by atoms with van der Waals surface area (Å²) in [6.07, 6.45) is 4.41. The minimum Gasteiger partial charge on any atom is -0.490 e. The van der Waals surface area contributed by atoms with Crippen LogP contribution in [0.15, 0.2) is 24.3 Å². The number of aliphatic hydroxyl groups is 2. The molecule has 4 heteroatoms. The van der Waals surface area contributed by atoms with Crippen LogP contribution in [0, 0.1) is 0 Å². The van der Waals surface area contributed by atoms with Gasteiger partial charge in [-0.05, 0) is 37.8 Å². The van der Waals surface area contributed by atoms with Gasteiger partial charge in [0.05, 0.1) is 18.8 Å². The van der Waals surface area contributed by atoms with E-state index >= 15 is 0 Å². The lowest BCUT2D eigenvalue weighted by atomic mass is 10.2. The van der Waals surface area contributed by atoms with Crippen LogP contribution in [0.4, 0.5) is 5.69 Å². The Morgan fingerprint density at radius 2 is 2.11 bits per heavy atom. The van der Waals surface area contributed by atoms with Gasteiger partial charge in [-0.3, -0.25) is 0 Å². The molecule has 2 rings (SSSR count). The van der Waals surface area contributed by atoms with E-state index < -0.39 is 6.10 Å². The molecule has 100 valence electrons. The largest absolute Gasteiger partial charge is 0.490 e. The lowest BCUT2D eigenvalue weighted by Crippen LogP contribution is -2.22. The maximum Gasteiger partial charge on any atom is 0.121 e. The molecule has 1 unspecified atom stereocenters. The summed E-state index contributed by atoms with van der Waals surface area (Å²) in [6, 6.07) is 7.73. The molecule has 0 spiro atoms. The summed E-state index contributed by atoms with van der Waals surface area (Å²) in [5.74, 6) is 0.866. The Hall–Kier alpha value is -1.26. The van der Waals surface area contributed by atoms with Crippen LogP contribution in [0.25, 0.3) is 0 Å². The molecule has 3 N–H and O–H groups in total. The minimum atomic E-state index is -0.732. The van der Waals surface area contributed by atoms with Gasteiger partial charge in [0.25, 0.3) is 0 Å². The van der Waals surface area contributed by atoms with E-state index in [-0.39, 0.29) is 6.61 Å². The zero-order valence-electron chi connectivity index (χ0n) is 10.5. The van der Waals surface area contributed by atoms with Crippen molar-refractivity contribution in [1.82, 2.24) is 0 Å². The van der Waals surface area contributed by atoms with Crippen LogP contribution in [0.3, 0.4) is 0 Å². The molecule has 0 amide bonds. The van der Waals surface area contributed by atoms with E-state index in [0.717, 1.165) is 24.3 Å². The Bertz CT molecular complexity index is 364. The second-order valence-electron chi connectivity index (χ2n) is 4.77. The van der Waals surface area contributed by atoms with Gasteiger partial charge in [-0.1, -0.05) is 6.07 Å². The number of ether oxygens (including phenoxy) is 1. The van der Waals surface area contributed by atoms with Crippen molar-refractivity contribution in [3.8, 4) is 5.75 Å². The predicted octanol–water partition coefficient (Wildman–Crippen LogP) is 1.77. The van der Waals surface area contributed by atoms with Gasteiger partial charge in [0, 0.05) is 18.3 Å². The Labute approximate surface area is 108 Å². The summed E-state index contributed by atoms with van der Waals surface area (Å²) < 4.78 is 5.90. The molecular weight excluding hydrogens is 230 g/mol. The monoisotopic (exact) mass is 251 g/mol. The molecule has 0 aliphatic heterocycles. The highest BCUT2D eigenvalue weighted by atomic mass is 16.5. The van der Waals surface area contributed by atoms with Crippen LogP contribution in [0.1, 0.15) is 25.7 Å².